The maximum atomic E-state index is 12.6. The lowest BCUT2D eigenvalue weighted by Crippen LogP contribution is -2.38. The molecule has 0 saturated heterocycles. The highest BCUT2D eigenvalue weighted by Crippen LogP contribution is 2.53. The highest BCUT2D eigenvalue weighted by molar-refractivity contribution is 8.39. The van der Waals surface area contributed by atoms with Crippen molar-refractivity contribution in [3.05, 3.63) is 29.8 Å². The number of amides is 1. The third-order valence-corrected chi connectivity index (χ3v) is 5.54. The zero-order chi connectivity index (χ0) is 12.8. The number of hydroxylamine groups is 1. The lowest BCUT2D eigenvalue weighted by Gasteiger charge is -2.20. The summed E-state index contributed by atoms with van der Waals surface area (Å²) in [5.74, 6) is -0.0380. The average Bonchev–Trinajstić information content (AvgIpc) is 2.94. The molecule has 1 spiro atoms. The minimum atomic E-state index is -0.620. The van der Waals surface area contributed by atoms with E-state index < -0.39 is 4.75 Å². The molecular weight excluding hydrogens is 268 g/mol. The van der Waals surface area contributed by atoms with Crippen LogP contribution in [0.4, 0.5) is 5.69 Å². The van der Waals surface area contributed by atoms with Crippen molar-refractivity contribution in [2.75, 3.05) is 25.0 Å². The van der Waals surface area contributed by atoms with Gasteiger partial charge in [-0.05, 0) is 12.3 Å². The van der Waals surface area contributed by atoms with Crippen molar-refractivity contribution in [1.82, 2.24) is 0 Å². The van der Waals surface area contributed by atoms with Gasteiger partial charge in [0.25, 0.3) is 5.91 Å². The molecule has 2 heterocycles. The summed E-state index contributed by atoms with van der Waals surface area (Å²) in [4.78, 5) is 22.2. The minimum Gasteiger partial charge on any atom is -0.270 e. The van der Waals surface area contributed by atoms with Crippen LogP contribution in [0.5, 0.6) is 0 Å². The Labute approximate surface area is 114 Å². The van der Waals surface area contributed by atoms with Gasteiger partial charge in [-0.1, -0.05) is 30.0 Å². The van der Waals surface area contributed by atoms with E-state index in [0.29, 0.717) is 6.54 Å². The van der Waals surface area contributed by atoms with Gasteiger partial charge in [-0.2, -0.15) is 5.06 Å². The van der Waals surface area contributed by atoms with Crippen LogP contribution in [0.15, 0.2) is 29.3 Å². The van der Waals surface area contributed by atoms with Crippen LogP contribution >= 0.6 is 23.5 Å². The van der Waals surface area contributed by atoms with Crippen molar-refractivity contribution < 1.29 is 9.63 Å². The summed E-state index contributed by atoms with van der Waals surface area (Å²) in [6.07, 6.45) is 1.98. The van der Waals surface area contributed by atoms with Crippen molar-refractivity contribution in [2.24, 2.45) is 4.99 Å². The molecule has 0 saturated carbocycles. The van der Waals surface area contributed by atoms with E-state index in [1.165, 1.54) is 23.9 Å². The SMILES string of the molecule is CON1C(=O)C2(CN=C(SC)S2)c2ccccc21. The van der Waals surface area contributed by atoms with Crippen LogP contribution in [0.1, 0.15) is 5.56 Å². The van der Waals surface area contributed by atoms with Crippen LogP contribution in [0.3, 0.4) is 0 Å². The first kappa shape index (κ1) is 12.1. The maximum absolute atomic E-state index is 12.6. The van der Waals surface area contributed by atoms with Gasteiger partial charge >= 0.3 is 0 Å². The summed E-state index contributed by atoms with van der Waals surface area (Å²) in [6, 6.07) is 7.75. The van der Waals surface area contributed by atoms with Gasteiger partial charge in [0.1, 0.15) is 4.38 Å². The first-order chi connectivity index (χ1) is 8.73. The molecular formula is C12H12N2O2S2. The van der Waals surface area contributed by atoms with Crippen LogP contribution in [-0.4, -0.2) is 30.2 Å². The zero-order valence-corrected chi connectivity index (χ0v) is 11.7. The lowest BCUT2D eigenvalue weighted by atomic mass is 10.00. The average molecular weight is 280 g/mol. The summed E-state index contributed by atoms with van der Waals surface area (Å²) < 4.78 is 0.335. The van der Waals surface area contributed by atoms with Crippen molar-refractivity contribution in [3.63, 3.8) is 0 Å². The monoisotopic (exact) mass is 280 g/mol. The van der Waals surface area contributed by atoms with Crippen molar-refractivity contribution >= 4 is 39.5 Å². The van der Waals surface area contributed by atoms with Gasteiger partial charge < -0.3 is 0 Å². The van der Waals surface area contributed by atoms with Gasteiger partial charge in [0.2, 0.25) is 0 Å². The molecule has 0 aliphatic carbocycles. The normalized spacial score (nSPS) is 25.8. The molecule has 1 atom stereocenters. The van der Waals surface area contributed by atoms with Gasteiger partial charge in [0.15, 0.2) is 4.75 Å². The Hall–Kier alpha value is -0.980. The summed E-state index contributed by atoms with van der Waals surface area (Å²) in [6.45, 7) is 0.490. The molecule has 0 aromatic heterocycles. The molecule has 3 rings (SSSR count). The Morgan fingerprint density at radius 2 is 2.28 bits per heavy atom. The van der Waals surface area contributed by atoms with E-state index in [0.717, 1.165) is 15.6 Å². The lowest BCUT2D eigenvalue weighted by molar-refractivity contribution is -0.125. The van der Waals surface area contributed by atoms with Gasteiger partial charge in [0.05, 0.1) is 19.3 Å². The molecule has 0 N–H and O–H groups in total. The number of hydrogen-bond donors (Lipinski definition) is 0. The van der Waals surface area contributed by atoms with Crippen LogP contribution in [0.2, 0.25) is 0 Å². The van der Waals surface area contributed by atoms with E-state index >= 15 is 0 Å². The molecule has 6 heteroatoms. The molecule has 0 radical (unpaired) electrons. The fourth-order valence-corrected chi connectivity index (χ4v) is 4.27. The maximum Gasteiger partial charge on any atom is 0.274 e. The van der Waals surface area contributed by atoms with E-state index in [4.69, 9.17) is 4.84 Å². The fourth-order valence-electron chi connectivity index (χ4n) is 2.31. The number of thioether (sulfide) groups is 2. The van der Waals surface area contributed by atoms with E-state index in [1.807, 2.05) is 30.5 Å². The largest absolute Gasteiger partial charge is 0.274 e. The van der Waals surface area contributed by atoms with Gasteiger partial charge in [-0.3, -0.25) is 14.6 Å². The van der Waals surface area contributed by atoms with Crippen molar-refractivity contribution in [1.29, 1.82) is 0 Å². The second-order valence-corrected chi connectivity index (χ2v) is 6.36. The number of rotatable bonds is 1. The minimum absolute atomic E-state index is 0.0380. The Morgan fingerprint density at radius 1 is 1.50 bits per heavy atom. The quantitative estimate of drug-likeness (QED) is 0.791. The number of carbonyl (C=O) groups is 1. The Morgan fingerprint density at radius 3 is 2.94 bits per heavy atom. The predicted molar refractivity (Wildman–Crippen MR) is 76.0 cm³/mol. The number of benzene rings is 1. The first-order valence-electron chi connectivity index (χ1n) is 5.48. The van der Waals surface area contributed by atoms with Gasteiger partial charge in [0, 0.05) is 5.56 Å². The highest BCUT2D eigenvalue weighted by Gasteiger charge is 2.55. The van der Waals surface area contributed by atoms with Gasteiger partial charge in [-0.15, -0.1) is 11.8 Å². The molecule has 18 heavy (non-hydrogen) atoms. The summed E-state index contributed by atoms with van der Waals surface area (Å²) in [7, 11) is 1.52. The smallest absolute Gasteiger partial charge is 0.270 e. The summed E-state index contributed by atoms with van der Waals surface area (Å²) >= 11 is 3.11. The summed E-state index contributed by atoms with van der Waals surface area (Å²) in [5.41, 5.74) is 1.82. The topological polar surface area (TPSA) is 41.9 Å². The van der Waals surface area contributed by atoms with Gasteiger partial charge in [-0.25, -0.2) is 0 Å². The Bertz CT molecular complexity index is 547. The number of anilines is 1. The standard InChI is InChI=1S/C12H12N2O2S2/c1-16-14-9-6-4-3-5-8(9)12(10(14)15)7-13-11(17-2)18-12/h3-6H,7H2,1-2H3. The van der Waals surface area contributed by atoms with E-state index in [-0.39, 0.29) is 5.91 Å². The molecule has 2 aliphatic heterocycles. The molecule has 94 valence electrons. The molecule has 1 aromatic rings. The van der Waals surface area contributed by atoms with E-state index in [1.54, 1.807) is 11.8 Å². The second kappa shape index (κ2) is 4.29. The summed E-state index contributed by atoms with van der Waals surface area (Å²) in [5, 5.41) is 1.38. The number of carbonyl (C=O) groups excluding carboxylic acids is 1. The van der Waals surface area contributed by atoms with Crippen molar-refractivity contribution in [2.45, 2.75) is 4.75 Å². The predicted octanol–water partition coefficient (Wildman–Crippen LogP) is 2.26. The molecule has 1 unspecified atom stereocenters. The molecule has 4 nitrogen and oxygen atoms in total. The number of aliphatic imine (C=N–C) groups is 1. The number of para-hydroxylation sites is 1. The van der Waals surface area contributed by atoms with Crippen LogP contribution in [0, 0.1) is 0 Å². The fraction of sp³-hybridized carbons (Fsp3) is 0.333. The molecule has 1 amide bonds. The second-order valence-electron chi connectivity index (χ2n) is 4.01. The van der Waals surface area contributed by atoms with Crippen LogP contribution in [-0.2, 0) is 14.4 Å². The van der Waals surface area contributed by atoms with Crippen LogP contribution < -0.4 is 5.06 Å². The number of fused-ring (bicyclic) bond motifs is 2. The molecule has 2 aliphatic rings. The third kappa shape index (κ3) is 1.46. The first-order valence-corrected chi connectivity index (χ1v) is 7.52. The number of hydrogen-bond acceptors (Lipinski definition) is 5. The molecule has 0 bridgehead atoms. The van der Waals surface area contributed by atoms with Crippen molar-refractivity contribution in [3.8, 4) is 0 Å². The highest BCUT2D eigenvalue weighted by atomic mass is 32.2. The molecule has 0 fully saturated rings. The number of nitrogens with zero attached hydrogens (tertiary/aromatic N) is 2. The molecule has 1 aromatic carbocycles. The van der Waals surface area contributed by atoms with Crippen LogP contribution in [0.25, 0.3) is 0 Å². The third-order valence-electron chi connectivity index (χ3n) is 3.14. The Balaban J connectivity index is 2.10. The van der Waals surface area contributed by atoms with E-state index in [9.17, 15) is 4.79 Å². The van der Waals surface area contributed by atoms with E-state index in [2.05, 4.69) is 4.99 Å². The Kier molecular flexibility index (Phi) is 2.88. The zero-order valence-electron chi connectivity index (χ0n) is 10.0.